The molecule has 1 N–H and O–H groups in total. The Balaban J connectivity index is 1.69. The number of hydrogen-bond acceptors (Lipinski definition) is 3. The third-order valence-corrected chi connectivity index (χ3v) is 3.95. The van der Waals surface area contributed by atoms with Crippen LogP contribution in [0.25, 0.3) is 0 Å². The second kappa shape index (κ2) is 6.66. The van der Waals surface area contributed by atoms with Crippen LogP contribution < -0.4 is 5.32 Å². The van der Waals surface area contributed by atoms with Crippen molar-refractivity contribution in [2.45, 2.75) is 25.3 Å². The first kappa shape index (κ1) is 13.2. The Labute approximate surface area is 113 Å². The van der Waals surface area contributed by atoms with E-state index in [1.54, 1.807) is 12.5 Å². The minimum atomic E-state index is 0.879. The van der Waals surface area contributed by atoms with Crippen molar-refractivity contribution < 1.29 is 4.42 Å². The van der Waals surface area contributed by atoms with Crippen molar-refractivity contribution >= 4 is 11.8 Å². The molecule has 18 heavy (non-hydrogen) atoms. The monoisotopic (exact) mass is 261 g/mol. The molecule has 2 rings (SSSR count). The van der Waals surface area contributed by atoms with E-state index in [1.165, 1.54) is 21.6 Å². The van der Waals surface area contributed by atoms with Crippen LogP contribution in [0.5, 0.6) is 0 Å². The Hall–Kier alpha value is -1.19. The van der Waals surface area contributed by atoms with Gasteiger partial charge in [-0.2, -0.15) is 0 Å². The predicted molar refractivity (Wildman–Crippen MR) is 77.1 cm³/mol. The van der Waals surface area contributed by atoms with Gasteiger partial charge in [-0.1, -0.05) is 17.7 Å². The van der Waals surface area contributed by atoms with Crippen LogP contribution in [0.15, 0.2) is 46.1 Å². The fourth-order valence-corrected chi connectivity index (χ4v) is 2.74. The van der Waals surface area contributed by atoms with E-state index in [-0.39, 0.29) is 0 Å². The standard InChI is InChI=1S/C15H19NOS/c1-12-3-4-15(13(2)9-12)18-8-6-16-10-14-5-7-17-11-14/h3-5,7,9,11,16H,6,8,10H2,1-2H3. The van der Waals surface area contributed by atoms with Gasteiger partial charge in [0.05, 0.1) is 12.5 Å². The second-order valence-electron chi connectivity index (χ2n) is 4.43. The first-order valence-corrected chi connectivity index (χ1v) is 7.16. The molecular weight excluding hydrogens is 242 g/mol. The zero-order chi connectivity index (χ0) is 12.8. The SMILES string of the molecule is Cc1ccc(SCCNCc2ccoc2)c(C)c1. The molecule has 0 aliphatic carbocycles. The van der Waals surface area contributed by atoms with Crippen molar-refractivity contribution in [3.05, 3.63) is 53.5 Å². The van der Waals surface area contributed by atoms with Crippen LogP contribution in [-0.4, -0.2) is 12.3 Å². The van der Waals surface area contributed by atoms with E-state index >= 15 is 0 Å². The highest BCUT2D eigenvalue weighted by atomic mass is 32.2. The van der Waals surface area contributed by atoms with Gasteiger partial charge < -0.3 is 9.73 Å². The maximum absolute atomic E-state index is 5.02. The number of nitrogens with one attached hydrogen (secondary N) is 1. The summed E-state index contributed by atoms with van der Waals surface area (Å²) in [4.78, 5) is 1.38. The molecule has 0 saturated carbocycles. The van der Waals surface area contributed by atoms with Crippen LogP contribution >= 0.6 is 11.8 Å². The lowest BCUT2D eigenvalue weighted by atomic mass is 10.2. The maximum Gasteiger partial charge on any atom is 0.0947 e. The smallest absolute Gasteiger partial charge is 0.0947 e. The summed E-state index contributed by atoms with van der Waals surface area (Å²) in [7, 11) is 0. The first-order valence-electron chi connectivity index (χ1n) is 6.17. The van der Waals surface area contributed by atoms with Crippen LogP contribution in [0.2, 0.25) is 0 Å². The molecule has 0 aliphatic rings. The molecule has 0 radical (unpaired) electrons. The summed E-state index contributed by atoms with van der Waals surface area (Å²) in [5.74, 6) is 1.09. The second-order valence-corrected chi connectivity index (χ2v) is 5.56. The Morgan fingerprint density at radius 1 is 1.22 bits per heavy atom. The number of rotatable bonds is 6. The minimum Gasteiger partial charge on any atom is -0.472 e. The molecule has 0 aliphatic heterocycles. The Bertz CT molecular complexity index is 479. The molecule has 0 spiro atoms. The van der Waals surface area contributed by atoms with Crippen molar-refractivity contribution in [2.75, 3.05) is 12.3 Å². The summed E-state index contributed by atoms with van der Waals surface area (Å²) in [6, 6.07) is 8.62. The van der Waals surface area contributed by atoms with Crippen LogP contribution in [0.4, 0.5) is 0 Å². The molecule has 0 bridgehead atoms. The Morgan fingerprint density at radius 3 is 2.83 bits per heavy atom. The molecule has 1 heterocycles. The van der Waals surface area contributed by atoms with Gasteiger partial charge in [-0.3, -0.25) is 0 Å². The van der Waals surface area contributed by atoms with E-state index in [0.29, 0.717) is 0 Å². The highest BCUT2D eigenvalue weighted by Crippen LogP contribution is 2.22. The molecule has 0 fully saturated rings. The average molecular weight is 261 g/mol. The third-order valence-electron chi connectivity index (χ3n) is 2.78. The van der Waals surface area contributed by atoms with E-state index in [0.717, 1.165) is 18.8 Å². The van der Waals surface area contributed by atoms with Gasteiger partial charge in [0.1, 0.15) is 0 Å². The highest BCUT2D eigenvalue weighted by molar-refractivity contribution is 7.99. The van der Waals surface area contributed by atoms with Crippen molar-refractivity contribution in [1.82, 2.24) is 5.32 Å². The van der Waals surface area contributed by atoms with Gasteiger partial charge in [-0.25, -0.2) is 0 Å². The summed E-state index contributed by atoms with van der Waals surface area (Å²) in [6.07, 6.45) is 3.49. The zero-order valence-electron chi connectivity index (χ0n) is 10.9. The quantitative estimate of drug-likeness (QED) is 0.633. The molecule has 0 amide bonds. The summed E-state index contributed by atoms with van der Waals surface area (Å²) < 4.78 is 5.02. The molecule has 1 aromatic carbocycles. The van der Waals surface area contributed by atoms with Crippen molar-refractivity contribution in [3.8, 4) is 0 Å². The summed E-state index contributed by atoms with van der Waals surface area (Å²) in [6.45, 7) is 6.19. The number of hydrogen-bond donors (Lipinski definition) is 1. The average Bonchev–Trinajstić information content (AvgIpc) is 2.84. The maximum atomic E-state index is 5.02. The lowest BCUT2D eigenvalue weighted by Gasteiger charge is -2.07. The highest BCUT2D eigenvalue weighted by Gasteiger charge is 1.99. The Morgan fingerprint density at radius 2 is 2.11 bits per heavy atom. The lowest BCUT2D eigenvalue weighted by molar-refractivity contribution is 0.561. The van der Waals surface area contributed by atoms with E-state index in [2.05, 4.69) is 37.4 Å². The molecule has 0 atom stereocenters. The van der Waals surface area contributed by atoms with Crippen molar-refractivity contribution in [1.29, 1.82) is 0 Å². The molecule has 96 valence electrons. The van der Waals surface area contributed by atoms with Gasteiger partial charge in [0.25, 0.3) is 0 Å². The van der Waals surface area contributed by atoms with Gasteiger partial charge in [0.15, 0.2) is 0 Å². The van der Waals surface area contributed by atoms with E-state index in [4.69, 9.17) is 4.42 Å². The van der Waals surface area contributed by atoms with Gasteiger partial charge in [-0.05, 0) is 31.5 Å². The minimum absolute atomic E-state index is 0.879. The number of thioether (sulfide) groups is 1. The van der Waals surface area contributed by atoms with E-state index in [1.807, 2.05) is 17.8 Å². The van der Waals surface area contributed by atoms with Crippen LogP contribution in [0.3, 0.4) is 0 Å². The van der Waals surface area contributed by atoms with Gasteiger partial charge in [-0.15, -0.1) is 11.8 Å². The first-order chi connectivity index (χ1) is 8.75. The largest absolute Gasteiger partial charge is 0.472 e. The van der Waals surface area contributed by atoms with Crippen molar-refractivity contribution in [2.24, 2.45) is 0 Å². The van der Waals surface area contributed by atoms with E-state index < -0.39 is 0 Å². The topological polar surface area (TPSA) is 25.2 Å². The van der Waals surface area contributed by atoms with E-state index in [9.17, 15) is 0 Å². The fraction of sp³-hybridized carbons (Fsp3) is 0.333. The molecular formula is C15H19NOS. The normalized spacial score (nSPS) is 10.8. The van der Waals surface area contributed by atoms with Crippen LogP contribution in [-0.2, 0) is 6.54 Å². The summed E-state index contributed by atoms with van der Waals surface area (Å²) >= 11 is 1.91. The molecule has 1 aromatic heterocycles. The molecule has 3 heteroatoms. The zero-order valence-corrected chi connectivity index (χ0v) is 11.7. The van der Waals surface area contributed by atoms with Crippen LogP contribution in [0, 0.1) is 13.8 Å². The Kier molecular flexibility index (Phi) is 4.90. The predicted octanol–water partition coefficient (Wildman–Crippen LogP) is 3.78. The molecule has 2 nitrogen and oxygen atoms in total. The lowest BCUT2D eigenvalue weighted by Crippen LogP contribution is -2.16. The molecule has 2 aromatic rings. The van der Waals surface area contributed by atoms with Crippen LogP contribution in [0.1, 0.15) is 16.7 Å². The molecule has 0 saturated heterocycles. The van der Waals surface area contributed by atoms with Gasteiger partial charge in [0.2, 0.25) is 0 Å². The fourth-order valence-electron chi connectivity index (χ4n) is 1.82. The summed E-state index contributed by atoms with van der Waals surface area (Å²) in [5.41, 5.74) is 3.90. The van der Waals surface area contributed by atoms with Gasteiger partial charge in [0, 0.05) is 29.3 Å². The number of aryl methyl sites for hydroxylation is 2. The molecule has 0 unspecified atom stereocenters. The summed E-state index contributed by atoms with van der Waals surface area (Å²) in [5, 5.41) is 3.41. The number of furan rings is 1. The number of benzene rings is 1. The van der Waals surface area contributed by atoms with Gasteiger partial charge >= 0.3 is 0 Å². The third kappa shape index (κ3) is 3.93. The van der Waals surface area contributed by atoms with Crippen molar-refractivity contribution in [3.63, 3.8) is 0 Å².